The van der Waals surface area contributed by atoms with Gasteiger partial charge in [-0.15, -0.1) is 0 Å². The Balaban J connectivity index is 2.53. The fourth-order valence-corrected chi connectivity index (χ4v) is 1.69. The molecular weight excluding hydrogens is 216 g/mol. The van der Waals surface area contributed by atoms with E-state index in [2.05, 4.69) is 0 Å². The van der Waals surface area contributed by atoms with Crippen LogP contribution < -0.4 is 4.74 Å². The SMILES string of the molecule is Cc1cccc(C)c1OCC(=O)CC(C)CO. The topological polar surface area (TPSA) is 46.5 Å². The number of ketones is 1. The largest absolute Gasteiger partial charge is 0.485 e. The van der Waals surface area contributed by atoms with Crippen molar-refractivity contribution < 1.29 is 14.6 Å². The Morgan fingerprint density at radius 1 is 1.35 bits per heavy atom. The Hall–Kier alpha value is -1.35. The molecular formula is C14H20O3. The first-order valence-corrected chi connectivity index (χ1v) is 5.86. The maximum Gasteiger partial charge on any atom is 0.170 e. The van der Waals surface area contributed by atoms with Gasteiger partial charge in [0.2, 0.25) is 0 Å². The molecule has 0 heterocycles. The molecule has 0 spiro atoms. The van der Waals surface area contributed by atoms with Crippen molar-refractivity contribution in [3.8, 4) is 5.75 Å². The summed E-state index contributed by atoms with van der Waals surface area (Å²) in [6.07, 6.45) is 0.363. The molecule has 0 aliphatic rings. The highest BCUT2D eigenvalue weighted by Crippen LogP contribution is 2.22. The third kappa shape index (κ3) is 4.19. The van der Waals surface area contributed by atoms with Crippen LogP contribution >= 0.6 is 0 Å². The summed E-state index contributed by atoms with van der Waals surface area (Å²) >= 11 is 0. The van der Waals surface area contributed by atoms with Crippen LogP contribution in [0.5, 0.6) is 5.75 Å². The molecule has 0 fully saturated rings. The number of para-hydroxylation sites is 1. The first kappa shape index (κ1) is 13.7. The van der Waals surface area contributed by atoms with Crippen LogP contribution in [-0.2, 0) is 4.79 Å². The lowest BCUT2D eigenvalue weighted by molar-refractivity contribution is -0.122. The number of carbonyl (C=O) groups excluding carboxylic acids is 1. The van der Waals surface area contributed by atoms with Crippen LogP contribution in [0.2, 0.25) is 0 Å². The second kappa shape index (κ2) is 6.40. The fourth-order valence-electron chi connectivity index (χ4n) is 1.69. The minimum Gasteiger partial charge on any atom is -0.485 e. The number of rotatable bonds is 6. The van der Waals surface area contributed by atoms with Crippen LogP contribution in [0.15, 0.2) is 18.2 Å². The molecule has 0 aliphatic heterocycles. The molecule has 0 amide bonds. The first-order chi connectivity index (χ1) is 8.04. The number of hydrogen-bond donors (Lipinski definition) is 1. The molecule has 1 atom stereocenters. The number of hydrogen-bond acceptors (Lipinski definition) is 3. The van der Waals surface area contributed by atoms with Gasteiger partial charge < -0.3 is 9.84 Å². The van der Waals surface area contributed by atoms with Gasteiger partial charge in [-0.2, -0.15) is 0 Å². The predicted molar refractivity (Wildman–Crippen MR) is 67.3 cm³/mol. The fraction of sp³-hybridized carbons (Fsp3) is 0.500. The number of ether oxygens (including phenoxy) is 1. The summed E-state index contributed by atoms with van der Waals surface area (Å²) < 4.78 is 5.54. The van der Waals surface area contributed by atoms with Crippen LogP contribution in [0.3, 0.4) is 0 Å². The zero-order chi connectivity index (χ0) is 12.8. The van der Waals surface area contributed by atoms with E-state index in [1.54, 1.807) is 0 Å². The minimum atomic E-state index is 0.00377. The molecule has 17 heavy (non-hydrogen) atoms. The van der Waals surface area contributed by atoms with Crippen molar-refractivity contribution in [3.63, 3.8) is 0 Å². The average molecular weight is 236 g/mol. The molecule has 94 valence electrons. The standard InChI is InChI=1S/C14H20O3/c1-10(8-15)7-13(16)9-17-14-11(2)5-4-6-12(14)3/h4-6,10,15H,7-9H2,1-3H3. The van der Waals surface area contributed by atoms with E-state index in [4.69, 9.17) is 9.84 Å². The van der Waals surface area contributed by atoms with Gasteiger partial charge in [-0.3, -0.25) is 4.79 Å². The van der Waals surface area contributed by atoms with Gasteiger partial charge >= 0.3 is 0 Å². The molecule has 0 aliphatic carbocycles. The Bertz CT molecular complexity index is 365. The van der Waals surface area contributed by atoms with E-state index in [9.17, 15) is 4.79 Å². The monoisotopic (exact) mass is 236 g/mol. The molecule has 1 rings (SSSR count). The highest BCUT2D eigenvalue weighted by Gasteiger charge is 2.10. The summed E-state index contributed by atoms with van der Waals surface area (Å²) in [4.78, 5) is 11.6. The highest BCUT2D eigenvalue weighted by atomic mass is 16.5. The molecule has 3 nitrogen and oxygen atoms in total. The lowest BCUT2D eigenvalue weighted by Crippen LogP contribution is -2.16. The molecule has 0 saturated heterocycles. The van der Waals surface area contributed by atoms with Crippen LogP contribution in [0.1, 0.15) is 24.5 Å². The average Bonchev–Trinajstić information content (AvgIpc) is 2.28. The lowest BCUT2D eigenvalue weighted by atomic mass is 10.1. The molecule has 3 heteroatoms. The van der Waals surface area contributed by atoms with Crippen LogP contribution in [0, 0.1) is 19.8 Å². The number of aliphatic hydroxyl groups is 1. The van der Waals surface area contributed by atoms with Gasteiger partial charge in [0.15, 0.2) is 5.78 Å². The highest BCUT2D eigenvalue weighted by molar-refractivity contribution is 5.80. The number of aryl methyl sites for hydroxylation is 2. The summed E-state index contributed by atoms with van der Waals surface area (Å²) in [5.74, 6) is 0.816. The van der Waals surface area contributed by atoms with Gasteiger partial charge in [0.25, 0.3) is 0 Å². The van der Waals surface area contributed by atoms with E-state index in [-0.39, 0.29) is 24.9 Å². The first-order valence-electron chi connectivity index (χ1n) is 5.86. The lowest BCUT2D eigenvalue weighted by Gasteiger charge is -2.12. The maximum absolute atomic E-state index is 11.6. The normalized spacial score (nSPS) is 12.2. The summed E-state index contributed by atoms with van der Waals surface area (Å²) in [6.45, 7) is 5.88. The third-order valence-electron chi connectivity index (χ3n) is 2.67. The quantitative estimate of drug-likeness (QED) is 0.824. The van der Waals surface area contributed by atoms with Gasteiger partial charge in [0.05, 0.1) is 0 Å². The number of carbonyl (C=O) groups is 1. The van der Waals surface area contributed by atoms with Gasteiger partial charge in [-0.25, -0.2) is 0 Å². The smallest absolute Gasteiger partial charge is 0.170 e. The van der Waals surface area contributed by atoms with E-state index in [0.29, 0.717) is 6.42 Å². The molecule has 0 bridgehead atoms. The van der Waals surface area contributed by atoms with E-state index in [1.807, 2.05) is 39.0 Å². The second-order valence-electron chi connectivity index (χ2n) is 4.54. The Labute approximate surface area is 102 Å². The van der Waals surface area contributed by atoms with Crippen LogP contribution in [0.4, 0.5) is 0 Å². The molecule has 0 saturated carbocycles. The summed E-state index contributed by atoms with van der Waals surface area (Å²) in [7, 11) is 0. The van der Waals surface area contributed by atoms with Crippen molar-refractivity contribution >= 4 is 5.78 Å². The number of benzene rings is 1. The predicted octanol–water partition coefficient (Wildman–Crippen LogP) is 2.27. The van der Waals surface area contributed by atoms with E-state index < -0.39 is 0 Å². The molecule has 1 aromatic carbocycles. The molecule has 0 radical (unpaired) electrons. The van der Waals surface area contributed by atoms with Crippen molar-refractivity contribution in [1.82, 2.24) is 0 Å². The zero-order valence-electron chi connectivity index (χ0n) is 10.7. The van der Waals surface area contributed by atoms with Gasteiger partial charge in [0, 0.05) is 13.0 Å². The second-order valence-corrected chi connectivity index (χ2v) is 4.54. The Morgan fingerprint density at radius 3 is 2.47 bits per heavy atom. The van der Waals surface area contributed by atoms with Gasteiger partial charge in [-0.1, -0.05) is 25.1 Å². The number of aliphatic hydroxyl groups excluding tert-OH is 1. The van der Waals surface area contributed by atoms with E-state index in [1.165, 1.54) is 0 Å². The van der Waals surface area contributed by atoms with Crippen LogP contribution in [-0.4, -0.2) is 24.1 Å². The van der Waals surface area contributed by atoms with Crippen LogP contribution in [0.25, 0.3) is 0 Å². The third-order valence-corrected chi connectivity index (χ3v) is 2.67. The summed E-state index contributed by atoms with van der Waals surface area (Å²) in [6, 6.07) is 5.89. The summed E-state index contributed by atoms with van der Waals surface area (Å²) in [5.41, 5.74) is 2.07. The molecule has 1 N–H and O–H groups in total. The van der Waals surface area contributed by atoms with Crippen molar-refractivity contribution in [2.75, 3.05) is 13.2 Å². The zero-order valence-corrected chi connectivity index (χ0v) is 10.7. The van der Waals surface area contributed by atoms with Crippen molar-refractivity contribution in [1.29, 1.82) is 0 Å². The van der Waals surface area contributed by atoms with Gasteiger partial charge in [-0.05, 0) is 30.9 Å². The number of Topliss-reactive ketones (excluding diaryl/α,β-unsaturated/α-hetero) is 1. The molecule has 1 aromatic rings. The van der Waals surface area contributed by atoms with Gasteiger partial charge in [0.1, 0.15) is 12.4 Å². The maximum atomic E-state index is 11.6. The molecule has 1 unspecified atom stereocenters. The molecule has 0 aromatic heterocycles. The van der Waals surface area contributed by atoms with Crippen molar-refractivity contribution in [2.45, 2.75) is 27.2 Å². The minimum absolute atomic E-state index is 0.00377. The van der Waals surface area contributed by atoms with E-state index in [0.717, 1.165) is 16.9 Å². The Kier molecular flexibility index (Phi) is 5.16. The van der Waals surface area contributed by atoms with E-state index >= 15 is 0 Å². The van der Waals surface area contributed by atoms with Crippen molar-refractivity contribution in [2.24, 2.45) is 5.92 Å². The van der Waals surface area contributed by atoms with Crippen molar-refractivity contribution in [3.05, 3.63) is 29.3 Å². The Morgan fingerprint density at radius 2 is 1.94 bits per heavy atom. The summed E-state index contributed by atoms with van der Waals surface area (Å²) in [5, 5.41) is 8.86.